The average Bonchev–Trinajstić information content (AvgIpc) is 3.39. The quantitative estimate of drug-likeness (QED) is 0.466. The molecular weight excluding hydrogens is 404 g/mol. The van der Waals surface area contributed by atoms with Gasteiger partial charge in [0, 0.05) is 11.1 Å². The fraction of sp³-hybridized carbons (Fsp3) is 0.286. The molecule has 2 heterocycles. The summed E-state index contributed by atoms with van der Waals surface area (Å²) in [6.45, 7) is 2.76. The van der Waals surface area contributed by atoms with Gasteiger partial charge in [-0.05, 0) is 49.5 Å². The third-order valence-electron chi connectivity index (χ3n) is 4.89. The molecule has 0 saturated carbocycles. The highest BCUT2D eigenvalue weighted by atomic mass is 32.1. The number of nitrogens with zero attached hydrogens (tertiary/aromatic N) is 2. The molecule has 1 aliphatic carbocycles. The van der Waals surface area contributed by atoms with Gasteiger partial charge in [0.1, 0.15) is 5.00 Å². The van der Waals surface area contributed by atoms with Gasteiger partial charge in [-0.1, -0.05) is 29.8 Å². The van der Waals surface area contributed by atoms with Crippen LogP contribution >= 0.6 is 23.6 Å². The van der Waals surface area contributed by atoms with E-state index in [0.29, 0.717) is 17.2 Å². The van der Waals surface area contributed by atoms with Crippen molar-refractivity contribution in [3.8, 4) is 0 Å². The smallest absolute Gasteiger partial charge is 0.341 e. The minimum Gasteiger partial charge on any atom is -0.465 e. The molecule has 2 aromatic heterocycles. The van der Waals surface area contributed by atoms with Crippen molar-refractivity contribution in [2.45, 2.75) is 32.7 Å². The highest BCUT2D eigenvalue weighted by Gasteiger charge is 2.27. The summed E-state index contributed by atoms with van der Waals surface area (Å²) in [5.74, 6) is -0.319. The number of rotatable bonds is 5. The molecule has 0 atom stereocenters. The first kappa shape index (κ1) is 19.6. The number of thiocarbonyl (C=S) groups is 1. The van der Waals surface area contributed by atoms with Crippen molar-refractivity contribution in [2.75, 3.05) is 17.7 Å². The first-order valence-corrected chi connectivity index (χ1v) is 10.6. The van der Waals surface area contributed by atoms with Crippen molar-refractivity contribution < 1.29 is 9.53 Å². The lowest BCUT2D eigenvalue weighted by Gasteiger charge is -2.10. The zero-order valence-corrected chi connectivity index (χ0v) is 18.0. The van der Waals surface area contributed by atoms with Crippen molar-refractivity contribution in [2.24, 2.45) is 0 Å². The van der Waals surface area contributed by atoms with E-state index in [1.807, 2.05) is 10.9 Å². The minimum absolute atomic E-state index is 0.319. The number of carbonyl (C=O) groups is 1. The van der Waals surface area contributed by atoms with Crippen LogP contribution in [0.5, 0.6) is 0 Å². The molecule has 1 aromatic carbocycles. The number of carbonyl (C=O) groups excluding carboxylic acids is 1. The van der Waals surface area contributed by atoms with Crippen molar-refractivity contribution >= 4 is 45.3 Å². The number of hydrogen-bond acceptors (Lipinski definition) is 5. The predicted octanol–water partition coefficient (Wildman–Crippen LogP) is 4.39. The Bertz CT molecular complexity index is 1050. The van der Waals surface area contributed by atoms with Crippen LogP contribution < -0.4 is 10.6 Å². The van der Waals surface area contributed by atoms with E-state index in [4.69, 9.17) is 17.0 Å². The summed E-state index contributed by atoms with van der Waals surface area (Å²) in [4.78, 5) is 13.5. The Hall–Kier alpha value is -2.71. The van der Waals surface area contributed by atoms with Crippen LogP contribution in [0.25, 0.3) is 0 Å². The number of thiophene rings is 1. The lowest BCUT2D eigenvalue weighted by Crippen LogP contribution is -2.20. The standard InChI is InChI=1S/C21H22N4O2S2/c1-13-6-8-14(9-7-13)11-25-12-15(10-22-25)23-21(28)24-19-18(20(26)27-2)16-4-3-5-17(16)29-19/h6-10,12H,3-5,11H2,1-2H3,(H2,23,24,28). The minimum atomic E-state index is -0.319. The van der Waals surface area contributed by atoms with Crippen LogP contribution in [0.4, 0.5) is 10.7 Å². The Labute approximate surface area is 178 Å². The van der Waals surface area contributed by atoms with Gasteiger partial charge < -0.3 is 15.4 Å². The van der Waals surface area contributed by atoms with E-state index in [1.165, 1.54) is 23.1 Å². The number of benzene rings is 1. The topological polar surface area (TPSA) is 68.2 Å². The normalized spacial score (nSPS) is 12.5. The van der Waals surface area contributed by atoms with Crippen molar-refractivity contribution in [1.82, 2.24) is 9.78 Å². The number of hydrogen-bond donors (Lipinski definition) is 2. The number of anilines is 2. The summed E-state index contributed by atoms with van der Waals surface area (Å²) in [5.41, 5.74) is 4.92. The highest BCUT2D eigenvalue weighted by molar-refractivity contribution is 7.80. The summed E-state index contributed by atoms with van der Waals surface area (Å²) in [6, 6.07) is 8.38. The first-order chi connectivity index (χ1) is 14.0. The van der Waals surface area contributed by atoms with E-state index >= 15 is 0 Å². The van der Waals surface area contributed by atoms with Crippen molar-refractivity contribution in [3.63, 3.8) is 0 Å². The van der Waals surface area contributed by atoms with Crippen LogP contribution in [0.15, 0.2) is 36.7 Å². The van der Waals surface area contributed by atoms with E-state index < -0.39 is 0 Å². The van der Waals surface area contributed by atoms with Gasteiger partial charge in [-0.25, -0.2) is 4.79 Å². The van der Waals surface area contributed by atoms with Crippen LogP contribution in [-0.4, -0.2) is 28.0 Å². The molecule has 29 heavy (non-hydrogen) atoms. The third-order valence-corrected chi connectivity index (χ3v) is 6.31. The molecule has 0 spiro atoms. The Morgan fingerprint density at radius 3 is 2.83 bits per heavy atom. The maximum Gasteiger partial charge on any atom is 0.341 e. The lowest BCUT2D eigenvalue weighted by atomic mass is 10.1. The maximum atomic E-state index is 12.3. The number of nitrogens with one attached hydrogen (secondary N) is 2. The molecule has 150 valence electrons. The Balaban J connectivity index is 1.42. The number of esters is 1. The number of aromatic nitrogens is 2. The van der Waals surface area contributed by atoms with Crippen LogP contribution in [-0.2, 0) is 24.1 Å². The summed E-state index contributed by atoms with van der Waals surface area (Å²) in [6.07, 6.45) is 6.62. The molecule has 1 aliphatic rings. The van der Waals surface area contributed by atoms with Crippen LogP contribution in [0, 0.1) is 6.92 Å². The van der Waals surface area contributed by atoms with E-state index in [2.05, 4.69) is 46.9 Å². The maximum absolute atomic E-state index is 12.3. The molecule has 0 fully saturated rings. The van der Waals surface area contributed by atoms with E-state index in [1.54, 1.807) is 17.5 Å². The molecule has 0 radical (unpaired) electrons. The first-order valence-electron chi connectivity index (χ1n) is 9.42. The van der Waals surface area contributed by atoms with Gasteiger partial charge in [-0.2, -0.15) is 5.10 Å². The number of fused-ring (bicyclic) bond motifs is 1. The second-order valence-electron chi connectivity index (χ2n) is 7.04. The molecular formula is C21H22N4O2S2. The summed E-state index contributed by atoms with van der Waals surface area (Å²) < 4.78 is 6.83. The molecule has 0 amide bonds. The van der Waals surface area contributed by atoms with Gasteiger partial charge in [0.2, 0.25) is 0 Å². The Morgan fingerprint density at radius 1 is 1.28 bits per heavy atom. The fourth-order valence-electron chi connectivity index (χ4n) is 3.47. The van der Waals surface area contributed by atoms with E-state index in [9.17, 15) is 4.79 Å². The fourth-order valence-corrected chi connectivity index (χ4v) is 5.04. The van der Waals surface area contributed by atoms with E-state index in [0.717, 1.165) is 35.5 Å². The molecule has 4 rings (SSSR count). The molecule has 0 saturated heterocycles. The Kier molecular flexibility index (Phi) is 5.64. The molecule has 0 unspecified atom stereocenters. The number of ether oxygens (including phenoxy) is 1. The van der Waals surface area contributed by atoms with Crippen LogP contribution in [0.2, 0.25) is 0 Å². The predicted molar refractivity (Wildman–Crippen MR) is 120 cm³/mol. The Morgan fingerprint density at radius 2 is 2.07 bits per heavy atom. The van der Waals surface area contributed by atoms with Gasteiger partial charge in [-0.3, -0.25) is 4.68 Å². The van der Waals surface area contributed by atoms with Gasteiger partial charge in [0.15, 0.2) is 5.11 Å². The number of methoxy groups -OCH3 is 1. The molecule has 0 bridgehead atoms. The zero-order valence-electron chi connectivity index (χ0n) is 16.3. The molecule has 2 N–H and O–H groups in total. The van der Waals surface area contributed by atoms with Crippen molar-refractivity contribution in [1.29, 1.82) is 0 Å². The second-order valence-corrected chi connectivity index (χ2v) is 8.56. The number of aryl methyl sites for hydroxylation is 2. The molecule has 6 nitrogen and oxygen atoms in total. The van der Waals surface area contributed by atoms with E-state index in [-0.39, 0.29) is 5.97 Å². The zero-order chi connectivity index (χ0) is 20.4. The monoisotopic (exact) mass is 426 g/mol. The van der Waals surface area contributed by atoms with Gasteiger partial charge >= 0.3 is 5.97 Å². The average molecular weight is 427 g/mol. The molecule has 8 heteroatoms. The van der Waals surface area contributed by atoms with Crippen LogP contribution in [0.3, 0.4) is 0 Å². The largest absolute Gasteiger partial charge is 0.465 e. The van der Waals surface area contributed by atoms with Gasteiger partial charge in [0.25, 0.3) is 0 Å². The van der Waals surface area contributed by atoms with Gasteiger partial charge in [0.05, 0.1) is 31.1 Å². The third kappa shape index (κ3) is 4.33. The molecule has 0 aliphatic heterocycles. The summed E-state index contributed by atoms with van der Waals surface area (Å²) in [7, 11) is 1.41. The highest BCUT2D eigenvalue weighted by Crippen LogP contribution is 2.39. The summed E-state index contributed by atoms with van der Waals surface area (Å²) in [5, 5.41) is 11.9. The summed E-state index contributed by atoms with van der Waals surface area (Å²) >= 11 is 7.03. The lowest BCUT2D eigenvalue weighted by molar-refractivity contribution is 0.0601. The SMILES string of the molecule is COC(=O)c1c(NC(=S)Nc2cnn(Cc3ccc(C)cc3)c2)sc2c1CCC2. The second kappa shape index (κ2) is 8.34. The van der Waals surface area contributed by atoms with Crippen LogP contribution in [0.1, 0.15) is 38.3 Å². The van der Waals surface area contributed by atoms with Gasteiger partial charge in [-0.15, -0.1) is 11.3 Å². The van der Waals surface area contributed by atoms with Crippen molar-refractivity contribution in [3.05, 3.63) is 63.8 Å². The molecule has 3 aromatic rings.